The molecule has 0 bridgehead atoms. The third-order valence-electron chi connectivity index (χ3n) is 4.15. The van der Waals surface area contributed by atoms with Crippen LogP contribution >= 0.6 is 0 Å². The summed E-state index contributed by atoms with van der Waals surface area (Å²) in [5.41, 5.74) is 1.14. The van der Waals surface area contributed by atoms with E-state index in [0.717, 1.165) is 5.57 Å². The van der Waals surface area contributed by atoms with Crippen molar-refractivity contribution in [2.75, 3.05) is 0 Å². The van der Waals surface area contributed by atoms with Crippen molar-refractivity contribution in [3.63, 3.8) is 0 Å². The first kappa shape index (κ1) is 15.7. The number of rotatable bonds is 5. The first-order valence-corrected chi connectivity index (χ1v) is 12.3. The maximum absolute atomic E-state index is 4.21. The van der Waals surface area contributed by atoms with Gasteiger partial charge >= 0.3 is 142 Å². The van der Waals surface area contributed by atoms with Crippen molar-refractivity contribution in [2.45, 2.75) is 6.92 Å². The summed E-state index contributed by atoms with van der Waals surface area (Å²) < 4.78 is 4.31. The summed E-state index contributed by atoms with van der Waals surface area (Å²) in [7, 11) is 0. The maximum atomic E-state index is 4.21. The summed E-state index contributed by atoms with van der Waals surface area (Å²) in [5, 5.41) is 2.46. The Hall–Kier alpha value is -2.17. The van der Waals surface area contributed by atoms with Gasteiger partial charge in [0.1, 0.15) is 0 Å². The van der Waals surface area contributed by atoms with E-state index in [2.05, 4.69) is 110 Å². The average molecular weight is 361 g/mol. The molecule has 3 rings (SSSR count). The molecule has 3 aromatic carbocycles. The molecule has 0 saturated carbocycles. The summed E-state index contributed by atoms with van der Waals surface area (Å²) in [6.07, 6.45) is 0. The second-order valence-corrected chi connectivity index (χ2v) is 13.5. The molecule has 23 heavy (non-hydrogen) atoms. The van der Waals surface area contributed by atoms with Gasteiger partial charge in [-0.1, -0.05) is 0 Å². The zero-order valence-corrected chi connectivity index (χ0v) is 15.5. The molecule has 0 heterocycles. The Morgan fingerprint density at radius 3 is 1.22 bits per heavy atom. The predicted octanol–water partition coefficient (Wildman–Crippen LogP) is 3.21. The van der Waals surface area contributed by atoms with Gasteiger partial charge in [-0.15, -0.1) is 0 Å². The fraction of sp³-hybridized carbons (Fsp3) is 0.0455. The summed E-state index contributed by atoms with van der Waals surface area (Å²) in [6, 6.07) is 32.8. The second-order valence-electron chi connectivity index (χ2n) is 5.90. The number of benzene rings is 3. The van der Waals surface area contributed by atoms with Gasteiger partial charge in [0.05, 0.1) is 0 Å². The van der Waals surface area contributed by atoms with Crippen molar-refractivity contribution in [3.8, 4) is 0 Å². The first-order valence-electron chi connectivity index (χ1n) is 7.91. The molecule has 0 spiro atoms. The van der Waals surface area contributed by atoms with Gasteiger partial charge in [0.25, 0.3) is 0 Å². The first-order chi connectivity index (χ1) is 11.2. The van der Waals surface area contributed by atoms with Crippen LogP contribution in [0.1, 0.15) is 6.92 Å². The molecule has 0 N–H and O–H groups in total. The Morgan fingerprint density at radius 2 is 0.957 bits per heavy atom. The minimum absolute atomic E-state index is 1.14. The van der Waals surface area contributed by atoms with Crippen LogP contribution in [0, 0.1) is 5.21 Å². The van der Waals surface area contributed by atoms with E-state index in [1.54, 1.807) is 0 Å². The van der Waals surface area contributed by atoms with Crippen LogP contribution in [0.3, 0.4) is 0 Å². The van der Waals surface area contributed by atoms with Gasteiger partial charge < -0.3 is 0 Å². The van der Waals surface area contributed by atoms with E-state index >= 15 is 0 Å². The molecule has 3 aromatic rings. The molecule has 0 aliphatic rings. The van der Waals surface area contributed by atoms with E-state index in [-0.39, 0.29) is 0 Å². The molecule has 0 aliphatic carbocycles. The molecule has 1 heteroatoms. The summed E-state index contributed by atoms with van der Waals surface area (Å²) in [4.78, 5) is 0. The standard InChI is InChI=1S/C22H22As/c1-19(2)18-23(20-12-6-3-7-13-20,21-14-8-4-9-15-21)22-16-10-5-11-17-22/h3-18,23H,1H2,2H3/q-1. The van der Waals surface area contributed by atoms with E-state index in [1.807, 2.05) is 0 Å². The van der Waals surface area contributed by atoms with Crippen molar-refractivity contribution < 1.29 is 0 Å². The summed E-state index contributed by atoms with van der Waals surface area (Å²) in [6.45, 7) is 6.31. The van der Waals surface area contributed by atoms with Gasteiger partial charge in [-0.2, -0.15) is 0 Å². The minimum atomic E-state index is -2.87. The average Bonchev–Trinajstić information content (AvgIpc) is 2.62. The fourth-order valence-electron chi connectivity index (χ4n) is 3.22. The van der Waals surface area contributed by atoms with Crippen LogP contribution in [0.4, 0.5) is 0 Å². The summed E-state index contributed by atoms with van der Waals surface area (Å²) in [5.74, 6) is 0. The van der Waals surface area contributed by atoms with Crippen LogP contribution < -0.4 is 13.1 Å². The quantitative estimate of drug-likeness (QED) is 0.484. The van der Waals surface area contributed by atoms with Crippen molar-refractivity contribution in [1.82, 2.24) is 0 Å². The zero-order valence-electron chi connectivity index (χ0n) is 13.4. The fourth-order valence-corrected chi connectivity index (χ4v) is 12.4. The molecule has 0 atom stereocenters. The molecule has 0 unspecified atom stereocenters. The SMILES string of the molecule is C=C(C)[CH-][AsH](c1ccccc1)(c1ccccc1)c1ccccc1. The van der Waals surface area contributed by atoms with Crippen molar-refractivity contribution in [3.05, 3.63) is 108 Å². The van der Waals surface area contributed by atoms with Gasteiger partial charge in [0.15, 0.2) is 0 Å². The molecule has 0 radical (unpaired) electrons. The molecule has 0 saturated heterocycles. The van der Waals surface area contributed by atoms with Gasteiger partial charge in [0.2, 0.25) is 0 Å². The van der Waals surface area contributed by atoms with Gasteiger partial charge in [-0.25, -0.2) is 0 Å². The Kier molecular flexibility index (Phi) is 4.74. The van der Waals surface area contributed by atoms with Crippen molar-refractivity contribution in [2.24, 2.45) is 0 Å². The predicted molar refractivity (Wildman–Crippen MR) is 104 cm³/mol. The van der Waals surface area contributed by atoms with Gasteiger partial charge in [-0.05, 0) is 0 Å². The van der Waals surface area contributed by atoms with Crippen LogP contribution in [-0.4, -0.2) is 13.6 Å². The van der Waals surface area contributed by atoms with Crippen LogP contribution in [0.15, 0.2) is 103 Å². The number of allylic oxidation sites excluding steroid dienone is 1. The molecule has 0 fully saturated rings. The normalized spacial score (nSPS) is 11.7. The van der Waals surface area contributed by atoms with E-state index in [1.165, 1.54) is 13.1 Å². The zero-order chi connectivity index (χ0) is 16.1. The topological polar surface area (TPSA) is 0 Å². The Bertz CT molecular complexity index is 664. The molecule has 116 valence electrons. The van der Waals surface area contributed by atoms with E-state index in [4.69, 9.17) is 0 Å². The Balaban J connectivity index is 2.32. The van der Waals surface area contributed by atoms with Crippen molar-refractivity contribution in [1.29, 1.82) is 0 Å². The Labute approximate surface area is 142 Å². The third kappa shape index (κ3) is 3.14. The van der Waals surface area contributed by atoms with Crippen LogP contribution in [0.5, 0.6) is 0 Å². The van der Waals surface area contributed by atoms with E-state index in [0.29, 0.717) is 0 Å². The molecular weight excluding hydrogens is 339 g/mol. The van der Waals surface area contributed by atoms with Crippen molar-refractivity contribution >= 4 is 26.6 Å². The van der Waals surface area contributed by atoms with Crippen LogP contribution in [-0.2, 0) is 0 Å². The number of hydrogen-bond donors (Lipinski definition) is 0. The number of hydrogen-bond acceptors (Lipinski definition) is 0. The summed E-state index contributed by atoms with van der Waals surface area (Å²) >= 11 is -2.87. The molecule has 0 amide bonds. The van der Waals surface area contributed by atoms with E-state index < -0.39 is 13.6 Å². The van der Waals surface area contributed by atoms with Crippen LogP contribution in [0.2, 0.25) is 0 Å². The van der Waals surface area contributed by atoms with Gasteiger partial charge in [-0.3, -0.25) is 0 Å². The molecule has 0 nitrogen and oxygen atoms in total. The van der Waals surface area contributed by atoms with E-state index in [9.17, 15) is 0 Å². The molecule has 0 aromatic heterocycles. The van der Waals surface area contributed by atoms with Gasteiger partial charge in [0, 0.05) is 0 Å². The van der Waals surface area contributed by atoms with Crippen LogP contribution in [0.25, 0.3) is 0 Å². The molecular formula is C22H22As-. The molecule has 0 aliphatic heterocycles. The monoisotopic (exact) mass is 361 g/mol. The second kappa shape index (κ2) is 6.94. The Morgan fingerprint density at radius 1 is 0.652 bits per heavy atom. The third-order valence-corrected chi connectivity index (χ3v) is 13.9.